The number of hydrogen-bond acceptors (Lipinski definition) is 4. The molecule has 3 aromatic carbocycles. The SMILES string of the molecule is O=C1c2cccc3cccc(c23)C(=O)N1OCCN1CCC(c2c[nH]c3cccc(F)c23)CC1. The van der Waals surface area contributed by atoms with Gasteiger partial charge in [0.25, 0.3) is 11.8 Å². The highest BCUT2D eigenvalue weighted by molar-refractivity contribution is 6.24. The lowest BCUT2D eigenvalue weighted by molar-refractivity contribution is -0.100. The van der Waals surface area contributed by atoms with E-state index in [0.717, 1.165) is 47.5 Å². The summed E-state index contributed by atoms with van der Waals surface area (Å²) >= 11 is 0. The first kappa shape index (κ1) is 21.0. The van der Waals surface area contributed by atoms with Gasteiger partial charge in [-0.15, -0.1) is 5.06 Å². The first-order valence-electron chi connectivity index (χ1n) is 11.6. The van der Waals surface area contributed by atoms with Crippen LogP contribution in [0.15, 0.2) is 60.8 Å². The molecule has 0 spiro atoms. The Morgan fingerprint density at radius 3 is 2.29 bits per heavy atom. The number of benzene rings is 3. The standard InChI is InChI=1S/C27H24FN3O3/c28-22-8-3-9-23-25(22)21(16-29-23)17-10-12-30(13-11-17)14-15-34-31-26(32)19-6-1-4-18-5-2-7-20(24(18)19)27(31)33/h1-9,16-17,29H,10-15H2. The Hall–Kier alpha value is -3.55. The second-order valence-corrected chi connectivity index (χ2v) is 8.97. The van der Waals surface area contributed by atoms with E-state index in [0.29, 0.717) is 34.4 Å². The quantitative estimate of drug-likeness (QED) is 0.435. The largest absolute Gasteiger partial charge is 0.361 e. The smallest absolute Gasteiger partial charge is 0.285 e. The van der Waals surface area contributed by atoms with Crippen molar-refractivity contribution in [3.63, 3.8) is 0 Å². The van der Waals surface area contributed by atoms with Crippen molar-refractivity contribution in [1.82, 2.24) is 14.9 Å². The van der Waals surface area contributed by atoms with Crippen molar-refractivity contribution in [3.8, 4) is 0 Å². The number of imide groups is 1. The maximum absolute atomic E-state index is 14.4. The summed E-state index contributed by atoms with van der Waals surface area (Å²) in [6.45, 7) is 2.54. The number of nitrogens with one attached hydrogen (secondary N) is 1. The zero-order chi connectivity index (χ0) is 23.2. The predicted molar refractivity (Wildman–Crippen MR) is 127 cm³/mol. The van der Waals surface area contributed by atoms with Crippen LogP contribution in [-0.4, -0.2) is 53.0 Å². The van der Waals surface area contributed by atoms with Gasteiger partial charge in [-0.3, -0.25) is 14.4 Å². The summed E-state index contributed by atoms with van der Waals surface area (Å²) in [5.74, 6) is -0.730. The first-order chi connectivity index (χ1) is 16.6. The van der Waals surface area contributed by atoms with Crippen LogP contribution >= 0.6 is 0 Å². The number of fused-ring (bicyclic) bond motifs is 1. The third kappa shape index (κ3) is 3.40. The zero-order valence-corrected chi connectivity index (χ0v) is 18.6. The number of hydroxylamine groups is 2. The van der Waals surface area contributed by atoms with Crippen LogP contribution in [0.2, 0.25) is 0 Å². The molecule has 6 rings (SSSR count). The van der Waals surface area contributed by atoms with Gasteiger partial charge in [-0.05, 0) is 67.1 Å². The molecule has 0 aliphatic carbocycles. The van der Waals surface area contributed by atoms with E-state index in [2.05, 4.69) is 9.88 Å². The number of aromatic nitrogens is 1. The zero-order valence-electron chi connectivity index (χ0n) is 18.6. The third-order valence-electron chi connectivity index (χ3n) is 7.08. The Morgan fingerprint density at radius 1 is 0.912 bits per heavy atom. The van der Waals surface area contributed by atoms with Gasteiger partial charge in [-0.2, -0.15) is 0 Å². The molecular weight excluding hydrogens is 433 g/mol. The van der Waals surface area contributed by atoms with Gasteiger partial charge in [0.15, 0.2) is 0 Å². The number of aromatic amines is 1. The summed E-state index contributed by atoms with van der Waals surface area (Å²) in [6.07, 6.45) is 3.76. The molecule has 0 atom stereocenters. The van der Waals surface area contributed by atoms with Crippen LogP contribution < -0.4 is 0 Å². The molecule has 2 aliphatic rings. The molecule has 2 aliphatic heterocycles. The monoisotopic (exact) mass is 457 g/mol. The highest BCUT2D eigenvalue weighted by Gasteiger charge is 2.34. The van der Waals surface area contributed by atoms with E-state index in [4.69, 9.17) is 4.84 Å². The Morgan fingerprint density at radius 2 is 1.59 bits per heavy atom. The minimum Gasteiger partial charge on any atom is -0.361 e. The molecule has 0 radical (unpaired) electrons. The highest BCUT2D eigenvalue weighted by atomic mass is 19.1. The van der Waals surface area contributed by atoms with Crippen molar-refractivity contribution in [2.24, 2.45) is 0 Å². The van der Waals surface area contributed by atoms with Gasteiger partial charge < -0.3 is 9.88 Å². The average molecular weight is 458 g/mol. The van der Waals surface area contributed by atoms with Crippen molar-refractivity contribution < 1.29 is 18.8 Å². The molecule has 3 heterocycles. The van der Waals surface area contributed by atoms with E-state index in [-0.39, 0.29) is 12.4 Å². The van der Waals surface area contributed by atoms with E-state index >= 15 is 0 Å². The third-order valence-corrected chi connectivity index (χ3v) is 7.08. The Balaban J connectivity index is 1.08. The van der Waals surface area contributed by atoms with Gasteiger partial charge in [0.1, 0.15) is 5.82 Å². The maximum Gasteiger partial charge on any atom is 0.285 e. The van der Waals surface area contributed by atoms with Crippen LogP contribution in [0.1, 0.15) is 45.0 Å². The molecule has 0 bridgehead atoms. The molecule has 1 fully saturated rings. The van der Waals surface area contributed by atoms with Gasteiger partial charge in [0.05, 0.1) is 17.7 Å². The molecule has 0 unspecified atom stereocenters. The second-order valence-electron chi connectivity index (χ2n) is 8.97. The van der Waals surface area contributed by atoms with E-state index < -0.39 is 11.8 Å². The number of halogens is 1. The van der Waals surface area contributed by atoms with Crippen molar-refractivity contribution in [3.05, 3.63) is 83.3 Å². The van der Waals surface area contributed by atoms with E-state index in [9.17, 15) is 14.0 Å². The van der Waals surface area contributed by atoms with Crippen LogP contribution in [0.5, 0.6) is 0 Å². The number of hydrogen-bond donors (Lipinski definition) is 1. The van der Waals surface area contributed by atoms with Gasteiger partial charge in [0.2, 0.25) is 0 Å². The van der Waals surface area contributed by atoms with E-state index in [1.807, 2.05) is 36.5 Å². The number of nitrogens with zero attached hydrogens (tertiary/aromatic N) is 2. The van der Waals surface area contributed by atoms with Gasteiger partial charge >= 0.3 is 0 Å². The normalized spacial score (nSPS) is 17.3. The van der Waals surface area contributed by atoms with Crippen molar-refractivity contribution in [2.45, 2.75) is 18.8 Å². The number of likely N-dealkylation sites (tertiary alicyclic amines) is 1. The summed E-state index contributed by atoms with van der Waals surface area (Å²) in [6, 6.07) is 16.0. The molecule has 172 valence electrons. The predicted octanol–water partition coefficient (Wildman–Crippen LogP) is 4.87. The van der Waals surface area contributed by atoms with Crippen molar-refractivity contribution in [1.29, 1.82) is 0 Å². The molecule has 1 saturated heterocycles. The molecular formula is C27H24FN3O3. The molecule has 6 nitrogen and oxygen atoms in total. The lowest BCUT2D eigenvalue weighted by Crippen LogP contribution is -2.42. The van der Waals surface area contributed by atoms with Gasteiger partial charge in [-0.1, -0.05) is 30.3 Å². The van der Waals surface area contributed by atoms with Gasteiger partial charge in [-0.25, -0.2) is 4.39 Å². The molecule has 1 N–H and O–H groups in total. The number of carbonyl (C=O) groups is 2. The number of rotatable bonds is 5. The van der Waals surface area contributed by atoms with E-state index in [1.165, 1.54) is 6.07 Å². The number of carbonyl (C=O) groups excluding carboxylic acids is 2. The van der Waals surface area contributed by atoms with Crippen molar-refractivity contribution in [2.75, 3.05) is 26.2 Å². The number of piperidine rings is 1. The summed E-state index contributed by atoms with van der Waals surface area (Å²) in [7, 11) is 0. The van der Waals surface area contributed by atoms with Crippen LogP contribution in [0.25, 0.3) is 21.7 Å². The lowest BCUT2D eigenvalue weighted by atomic mass is 9.89. The Bertz CT molecular complexity index is 1370. The fourth-order valence-electron chi connectivity index (χ4n) is 5.34. The molecule has 4 aromatic rings. The molecule has 2 amide bonds. The number of H-pyrrole nitrogens is 1. The Kier molecular flexibility index (Phi) is 5.16. The lowest BCUT2D eigenvalue weighted by Gasteiger charge is -2.32. The maximum atomic E-state index is 14.4. The van der Waals surface area contributed by atoms with Crippen LogP contribution in [0.3, 0.4) is 0 Å². The summed E-state index contributed by atoms with van der Waals surface area (Å²) in [5.41, 5.74) is 2.85. The second kappa shape index (κ2) is 8.34. The highest BCUT2D eigenvalue weighted by Crippen LogP contribution is 2.34. The van der Waals surface area contributed by atoms with Crippen LogP contribution in [0, 0.1) is 5.82 Å². The average Bonchev–Trinajstić information content (AvgIpc) is 3.30. The minimum absolute atomic E-state index is 0.183. The van der Waals surface area contributed by atoms with Crippen LogP contribution in [-0.2, 0) is 4.84 Å². The molecule has 1 aromatic heterocycles. The number of amides is 2. The summed E-state index contributed by atoms with van der Waals surface area (Å²) in [4.78, 5) is 37.0. The van der Waals surface area contributed by atoms with Crippen molar-refractivity contribution >= 4 is 33.5 Å². The van der Waals surface area contributed by atoms with Crippen LogP contribution in [0.4, 0.5) is 4.39 Å². The molecule has 0 saturated carbocycles. The molecule has 34 heavy (non-hydrogen) atoms. The van der Waals surface area contributed by atoms with Gasteiger partial charge in [0, 0.05) is 29.0 Å². The summed E-state index contributed by atoms with van der Waals surface area (Å²) in [5, 5.41) is 3.16. The summed E-state index contributed by atoms with van der Waals surface area (Å²) < 4.78 is 14.4. The van der Waals surface area contributed by atoms with E-state index in [1.54, 1.807) is 18.2 Å². The minimum atomic E-state index is -0.422. The fourth-order valence-corrected chi connectivity index (χ4v) is 5.34. The topological polar surface area (TPSA) is 65.6 Å². The first-order valence-corrected chi connectivity index (χ1v) is 11.6. The Labute approximate surface area is 195 Å². The molecule has 7 heteroatoms. The fraction of sp³-hybridized carbons (Fsp3) is 0.259.